The molecule has 1 N–H and O–H groups in total. The molecule has 15 heavy (non-hydrogen) atoms. The summed E-state index contributed by atoms with van der Waals surface area (Å²) in [5.74, 6) is 0. The van der Waals surface area contributed by atoms with E-state index in [1.807, 2.05) is 0 Å². The van der Waals surface area contributed by atoms with E-state index < -0.39 is 10.1 Å². The van der Waals surface area contributed by atoms with Gasteiger partial charge in [0.2, 0.25) is 0 Å². The predicted molar refractivity (Wildman–Crippen MR) is 62.7 cm³/mol. The third-order valence-electron chi connectivity index (χ3n) is 2.28. The summed E-state index contributed by atoms with van der Waals surface area (Å²) >= 11 is 0. The third-order valence-corrected chi connectivity index (χ3v) is 2.28. The highest BCUT2D eigenvalue weighted by Crippen LogP contribution is 2.08. The Balaban J connectivity index is 0.000000336. The second-order valence-electron chi connectivity index (χ2n) is 3.99. The first-order chi connectivity index (χ1) is 6.93. The molecule has 0 unspecified atom stereocenters. The lowest BCUT2D eigenvalue weighted by molar-refractivity contribution is 0.226. The predicted octanol–water partition coefficient (Wildman–Crippen LogP) is 1.78. The summed E-state index contributed by atoms with van der Waals surface area (Å²) in [6, 6.07) is 0. The highest BCUT2D eigenvalue weighted by atomic mass is 32.2. The zero-order valence-corrected chi connectivity index (χ0v) is 10.6. The number of nitrogens with zero attached hydrogens (tertiary/aromatic N) is 1. The van der Waals surface area contributed by atoms with Crippen molar-refractivity contribution in [3.05, 3.63) is 0 Å². The van der Waals surface area contributed by atoms with Gasteiger partial charge < -0.3 is 4.90 Å². The van der Waals surface area contributed by atoms with E-state index >= 15 is 0 Å². The van der Waals surface area contributed by atoms with Gasteiger partial charge in [-0.1, -0.05) is 19.8 Å². The molecule has 0 aliphatic carbocycles. The number of likely N-dealkylation sites (tertiary alicyclic amines) is 1. The van der Waals surface area contributed by atoms with Crippen LogP contribution >= 0.6 is 0 Å². The SMILES string of the molecule is CCCCN1CCCCC1.CS(=O)(=O)O. The second kappa shape index (κ2) is 8.07. The minimum atomic E-state index is -3.67. The van der Waals surface area contributed by atoms with Crippen molar-refractivity contribution in [3.8, 4) is 0 Å². The van der Waals surface area contributed by atoms with E-state index in [2.05, 4.69) is 11.8 Å². The van der Waals surface area contributed by atoms with Gasteiger partial charge in [-0.2, -0.15) is 8.42 Å². The van der Waals surface area contributed by atoms with Gasteiger partial charge in [0.25, 0.3) is 10.1 Å². The molecule has 1 aliphatic heterocycles. The molecular formula is C10H23NO3S. The molecule has 1 rings (SSSR count). The molecule has 1 fully saturated rings. The van der Waals surface area contributed by atoms with Crippen molar-refractivity contribution in [1.82, 2.24) is 4.90 Å². The summed E-state index contributed by atoms with van der Waals surface area (Å²) in [6.45, 7) is 6.33. The molecule has 0 aromatic heterocycles. The van der Waals surface area contributed by atoms with E-state index in [9.17, 15) is 8.42 Å². The van der Waals surface area contributed by atoms with Gasteiger partial charge in [0, 0.05) is 0 Å². The molecule has 1 aliphatic rings. The number of rotatable bonds is 3. The summed E-state index contributed by atoms with van der Waals surface area (Å²) in [7, 11) is -3.67. The Morgan fingerprint density at radius 1 is 1.20 bits per heavy atom. The van der Waals surface area contributed by atoms with Crippen LogP contribution < -0.4 is 0 Å². The molecule has 0 atom stereocenters. The molecule has 0 aromatic rings. The van der Waals surface area contributed by atoms with Crippen molar-refractivity contribution in [1.29, 1.82) is 0 Å². The van der Waals surface area contributed by atoms with E-state index in [0.717, 1.165) is 0 Å². The fourth-order valence-electron chi connectivity index (χ4n) is 1.56. The Labute approximate surface area is 93.4 Å². The maximum atomic E-state index is 9.19. The van der Waals surface area contributed by atoms with Gasteiger partial charge in [0.05, 0.1) is 6.26 Å². The Kier molecular flexibility index (Phi) is 8.00. The van der Waals surface area contributed by atoms with Crippen molar-refractivity contribution in [2.75, 3.05) is 25.9 Å². The molecule has 0 amide bonds. The summed E-state index contributed by atoms with van der Waals surface area (Å²) in [5.41, 5.74) is 0. The fraction of sp³-hybridized carbons (Fsp3) is 1.00. The van der Waals surface area contributed by atoms with E-state index in [1.165, 1.54) is 51.7 Å². The van der Waals surface area contributed by atoms with Crippen molar-refractivity contribution in [2.45, 2.75) is 39.0 Å². The number of hydrogen-bond donors (Lipinski definition) is 1. The lowest BCUT2D eigenvalue weighted by Gasteiger charge is -2.25. The molecule has 0 radical (unpaired) electrons. The van der Waals surface area contributed by atoms with Crippen LogP contribution in [0.5, 0.6) is 0 Å². The smallest absolute Gasteiger partial charge is 0.261 e. The average molecular weight is 237 g/mol. The van der Waals surface area contributed by atoms with Crippen LogP contribution in [0.3, 0.4) is 0 Å². The standard InChI is InChI=1S/C9H19N.CH4O3S/c1-2-3-7-10-8-5-4-6-9-10;1-5(2,3)4/h2-9H2,1H3;1H3,(H,2,3,4). The maximum Gasteiger partial charge on any atom is 0.261 e. The Morgan fingerprint density at radius 2 is 1.67 bits per heavy atom. The summed E-state index contributed by atoms with van der Waals surface area (Å²) in [5, 5.41) is 0. The molecule has 0 aromatic carbocycles. The average Bonchev–Trinajstić information content (AvgIpc) is 2.14. The van der Waals surface area contributed by atoms with Crippen LogP contribution in [-0.2, 0) is 10.1 Å². The van der Waals surface area contributed by atoms with Crippen LogP contribution in [0.25, 0.3) is 0 Å². The van der Waals surface area contributed by atoms with E-state index in [-0.39, 0.29) is 0 Å². The Bertz CT molecular complexity index is 225. The first-order valence-electron chi connectivity index (χ1n) is 5.58. The summed E-state index contributed by atoms with van der Waals surface area (Å²) in [6.07, 6.45) is 7.78. The van der Waals surface area contributed by atoms with Crippen LogP contribution in [-0.4, -0.2) is 43.8 Å². The van der Waals surface area contributed by atoms with Crippen LogP contribution in [0.2, 0.25) is 0 Å². The van der Waals surface area contributed by atoms with Gasteiger partial charge >= 0.3 is 0 Å². The van der Waals surface area contributed by atoms with Gasteiger partial charge in [0.15, 0.2) is 0 Å². The largest absolute Gasteiger partial charge is 0.303 e. The van der Waals surface area contributed by atoms with Gasteiger partial charge in [0.1, 0.15) is 0 Å². The first kappa shape index (κ1) is 14.9. The lowest BCUT2D eigenvalue weighted by atomic mass is 10.1. The topological polar surface area (TPSA) is 57.6 Å². The monoisotopic (exact) mass is 237 g/mol. The normalized spacial score (nSPS) is 18.1. The zero-order valence-electron chi connectivity index (χ0n) is 9.78. The van der Waals surface area contributed by atoms with Gasteiger partial charge in [-0.25, -0.2) is 0 Å². The maximum absolute atomic E-state index is 9.19. The van der Waals surface area contributed by atoms with Crippen LogP contribution in [0.15, 0.2) is 0 Å². The lowest BCUT2D eigenvalue weighted by Crippen LogP contribution is -2.30. The highest BCUT2D eigenvalue weighted by molar-refractivity contribution is 7.85. The highest BCUT2D eigenvalue weighted by Gasteiger charge is 2.07. The van der Waals surface area contributed by atoms with E-state index in [1.54, 1.807) is 0 Å². The molecule has 0 spiro atoms. The van der Waals surface area contributed by atoms with Crippen molar-refractivity contribution >= 4 is 10.1 Å². The number of unbranched alkanes of at least 4 members (excludes halogenated alkanes) is 1. The van der Waals surface area contributed by atoms with Crippen LogP contribution in [0, 0.1) is 0 Å². The van der Waals surface area contributed by atoms with E-state index in [4.69, 9.17) is 4.55 Å². The molecule has 92 valence electrons. The van der Waals surface area contributed by atoms with Crippen molar-refractivity contribution in [3.63, 3.8) is 0 Å². The molecule has 0 saturated carbocycles. The third kappa shape index (κ3) is 13.9. The summed E-state index contributed by atoms with van der Waals surface area (Å²) < 4.78 is 25.9. The quantitative estimate of drug-likeness (QED) is 0.760. The first-order valence-corrected chi connectivity index (χ1v) is 7.43. The molecule has 5 heteroatoms. The zero-order chi connectivity index (χ0) is 11.7. The fourth-order valence-corrected chi connectivity index (χ4v) is 1.56. The molecule has 1 saturated heterocycles. The Hall–Kier alpha value is -0.130. The van der Waals surface area contributed by atoms with E-state index in [0.29, 0.717) is 6.26 Å². The van der Waals surface area contributed by atoms with Crippen molar-refractivity contribution < 1.29 is 13.0 Å². The van der Waals surface area contributed by atoms with Crippen molar-refractivity contribution in [2.24, 2.45) is 0 Å². The van der Waals surface area contributed by atoms with Crippen LogP contribution in [0.4, 0.5) is 0 Å². The van der Waals surface area contributed by atoms with Gasteiger partial charge in [-0.3, -0.25) is 4.55 Å². The molecule has 0 bridgehead atoms. The van der Waals surface area contributed by atoms with Gasteiger partial charge in [-0.15, -0.1) is 0 Å². The number of piperidine rings is 1. The van der Waals surface area contributed by atoms with Crippen LogP contribution in [0.1, 0.15) is 39.0 Å². The molecular weight excluding hydrogens is 214 g/mol. The minimum absolute atomic E-state index is 0.715. The minimum Gasteiger partial charge on any atom is -0.303 e. The molecule has 4 nitrogen and oxygen atoms in total. The van der Waals surface area contributed by atoms with Gasteiger partial charge in [-0.05, 0) is 38.9 Å². The second-order valence-corrected chi connectivity index (χ2v) is 5.45. The summed E-state index contributed by atoms with van der Waals surface area (Å²) in [4.78, 5) is 2.60. The Morgan fingerprint density at radius 3 is 2.07 bits per heavy atom. The number of hydrogen-bond acceptors (Lipinski definition) is 3. The molecule has 1 heterocycles.